The molecular weight excluding hydrogens is 447 g/mol. The largest absolute Gasteiger partial charge is 0.379 e. The number of nitrogens with zero attached hydrogens (tertiary/aromatic N) is 3. The van der Waals surface area contributed by atoms with Crippen LogP contribution in [-0.2, 0) is 9.53 Å². The van der Waals surface area contributed by atoms with Crippen molar-refractivity contribution in [3.05, 3.63) is 35.5 Å². The minimum absolute atomic E-state index is 0.0622. The minimum atomic E-state index is -0.506. The molecule has 8 nitrogen and oxygen atoms in total. The molecule has 33 heavy (non-hydrogen) atoms. The number of H-pyrrole nitrogens is 1. The molecule has 1 saturated heterocycles. The van der Waals surface area contributed by atoms with Gasteiger partial charge in [0.1, 0.15) is 5.65 Å². The molecule has 174 valence electrons. The van der Waals surface area contributed by atoms with Gasteiger partial charge in [0.05, 0.1) is 29.8 Å². The Labute approximate surface area is 195 Å². The number of aromatic amines is 1. The summed E-state index contributed by atoms with van der Waals surface area (Å²) < 4.78 is 19.7. The van der Waals surface area contributed by atoms with Gasteiger partial charge >= 0.3 is 0 Å². The first-order valence-electron chi connectivity index (χ1n) is 11.2. The van der Waals surface area contributed by atoms with Crippen LogP contribution in [0.15, 0.2) is 24.7 Å². The van der Waals surface area contributed by atoms with E-state index in [-0.39, 0.29) is 17.8 Å². The van der Waals surface area contributed by atoms with Gasteiger partial charge in [-0.2, -0.15) is 0 Å². The van der Waals surface area contributed by atoms with Gasteiger partial charge < -0.3 is 20.4 Å². The normalized spacial score (nSPS) is 22.0. The Kier molecular flexibility index (Phi) is 5.92. The number of halogens is 2. The third kappa shape index (κ3) is 4.52. The van der Waals surface area contributed by atoms with Gasteiger partial charge in [-0.15, -0.1) is 0 Å². The molecule has 0 radical (unpaired) electrons. The number of carbonyl (C=O) groups is 1. The monoisotopic (exact) mass is 472 g/mol. The SMILES string of the molecule is CC1(C(=O)N[C@H]2CCC[C@@H](CNc3nc(-c4c[nH]c5ncc(Cl)cc45)ncc3F)C2)COC1. The van der Waals surface area contributed by atoms with Crippen LogP contribution in [0.25, 0.3) is 22.4 Å². The van der Waals surface area contributed by atoms with Gasteiger partial charge in [0, 0.05) is 35.9 Å². The van der Waals surface area contributed by atoms with E-state index in [9.17, 15) is 9.18 Å². The van der Waals surface area contributed by atoms with E-state index in [1.807, 2.05) is 6.92 Å². The molecule has 5 rings (SSSR count). The molecule has 1 amide bonds. The second kappa shape index (κ2) is 8.87. The first-order valence-corrected chi connectivity index (χ1v) is 11.6. The Morgan fingerprint density at radius 3 is 2.97 bits per heavy atom. The molecule has 3 aromatic heterocycles. The Morgan fingerprint density at radius 2 is 2.18 bits per heavy atom. The number of rotatable bonds is 6. The lowest BCUT2D eigenvalue weighted by molar-refractivity contribution is -0.158. The number of anilines is 1. The van der Waals surface area contributed by atoms with Gasteiger partial charge in [0.15, 0.2) is 17.5 Å². The molecule has 1 aliphatic heterocycles. The van der Waals surface area contributed by atoms with Crippen molar-refractivity contribution in [1.29, 1.82) is 0 Å². The fraction of sp³-hybridized carbons (Fsp3) is 0.478. The fourth-order valence-corrected chi connectivity index (χ4v) is 4.69. The Bertz CT molecular complexity index is 1180. The van der Waals surface area contributed by atoms with Crippen LogP contribution in [0.5, 0.6) is 0 Å². The summed E-state index contributed by atoms with van der Waals surface area (Å²) in [5.74, 6) is 0.414. The van der Waals surface area contributed by atoms with Crippen molar-refractivity contribution < 1.29 is 13.9 Å². The summed E-state index contributed by atoms with van der Waals surface area (Å²) in [6, 6.07) is 1.91. The number of hydrogen-bond acceptors (Lipinski definition) is 6. The molecule has 2 aliphatic rings. The lowest BCUT2D eigenvalue weighted by atomic mass is 9.83. The van der Waals surface area contributed by atoms with Gasteiger partial charge in [-0.05, 0) is 38.2 Å². The number of nitrogens with one attached hydrogen (secondary N) is 3. The lowest BCUT2D eigenvalue weighted by Crippen LogP contribution is -2.54. The second-order valence-corrected chi connectivity index (χ2v) is 9.72. The Morgan fingerprint density at radius 1 is 1.33 bits per heavy atom. The summed E-state index contributed by atoms with van der Waals surface area (Å²) in [4.78, 5) is 28.4. The molecule has 3 N–H and O–H groups in total. The maximum atomic E-state index is 14.5. The van der Waals surface area contributed by atoms with Crippen LogP contribution in [0.1, 0.15) is 32.6 Å². The summed E-state index contributed by atoms with van der Waals surface area (Å²) in [5.41, 5.74) is 0.958. The zero-order chi connectivity index (χ0) is 23.0. The zero-order valence-corrected chi connectivity index (χ0v) is 19.1. The van der Waals surface area contributed by atoms with E-state index in [0.29, 0.717) is 47.7 Å². The average Bonchev–Trinajstić information content (AvgIpc) is 3.20. The standard InChI is InChI=1S/C23H26ClFN6O2/c1-23(11-33-12-23)22(32)30-15-4-2-3-13(5-15)7-26-21-18(25)10-29-20(31-21)17-9-28-19-16(17)6-14(24)8-27-19/h6,8-10,13,15H,2-5,7,11-12H2,1H3,(H,27,28)(H,30,32)(H,26,29,31)/t13-,15+/m1/s1. The molecule has 4 heterocycles. The van der Waals surface area contributed by atoms with E-state index in [0.717, 1.165) is 31.1 Å². The molecule has 3 aromatic rings. The number of hydrogen-bond donors (Lipinski definition) is 3. The molecule has 10 heteroatoms. The highest BCUT2D eigenvalue weighted by Crippen LogP contribution is 2.31. The van der Waals surface area contributed by atoms with E-state index in [1.54, 1.807) is 18.5 Å². The number of fused-ring (bicyclic) bond motifs is 1. The molecule has 0 bridgehead atoms. The van der Waals surface area contributed by atoms with Crippen LogP contribution in [0.4, 0.5) is 10.2 Å². The predicted octanol–water partition coefficient (Wildman–Crippen LogP) is 3.94. The maximum Gasteiger partial charge on any atom is 0.230 e. The van der Waals surface area contributed by atoms with Crippen LogP contribution in [0.3, 0.4) is 0 Å². The van der Waals surface area contributed by atoms with E-state index < -0.39 is 11.2 Å². The summed E-state index contributed by atoms with van der Waals surface area (Å²) in [6.07, 6.45) is 8.32. The van der Waals surface area contributed by atoms with Gasteiger partial charge in [0.2, 0.25) is 5.91 Å². The van der Waals surface area contributed by atoms with Gasteiger partial charge in [-0.3, -0.25) is 4.79 Å². The first kappa shape index (κ1) is 22.0. The minimum Gasteiger partial charge on any atom is -0.379 e. The fourth-order valence-electron chi connectivity index (χ4n) is 4.53. The topological polar surface area (TPSA) is 105 Å². The van der Waals surface area contributed by atoms with E-state index in [2.05, 4.69) is 30.6 Å². The third-order valence-electron chi connectivity index (χ3n) is 6.55. The molecule has 0 spiro atoms. The molecule has 0 aromatic carbocycles. The Balaban J connectivity index is 1.25. The maximum absolute atomic E-state index is 14.5. The summed E-state index contributed by atoms with van der Waals surface area (Å²) in [6.45, 7) is 3.46. The van der Waals surface area contributed by atoms with E-state index in [1.165, 1.54) is 6.20 Å². The average molecular weight is 473 g/mol. The predicted molar refractivity (Wildman–Crippen MR) is 123 cm³/mol. The summed E-state index contributed by atoms with van der Waals surface area (Å²) in [7, 11) is 0. The van der Waals surface area contributed by atoms with Crippen LogP contribution in [-0.4, -0.2) is 51.6 Å². The highest BCUT2D eigenvalue weighted by molar-refractivity contribution is 6.31. The molecule has 1 aliphatic carbocycles. The zero-order valence-electron chi connectivity index (χ0n) is 18.3. The van der Waals surface area contributed by atoms with Crippen molar-refractivity contribution in [2.75, 3.05) is 25.1 Å². The second-order valence-electron chi connectivity index (χ2n) is 9.28. The van der Waals surface area contributed by atoms with Crippen LogP contribution in [0, 0.1) is 17.2 Å². The molecule has 0 unspecified atom stereocenters. The van der Waals surface area contributed by atoms with Crippen molar-refractivity contribution in [1.82, 2.24) is 25.3 Å². The van der Waals surface area contributed by atoms with Crippen molar-refractivity contribution in [2.24, 2.45) is 11.3 Å². The van der Waals surface area contributed by atoms with Crippen LogP contribution < -0.4 is 10.6 Å². The van der Waals surface area contributed by atoms with Gasteiger partial charge in [0.25, 0.3) is 0 Å². The summed E-state index contributed by atoms with van der Waals surface area (Å²) >= 11 is 6.08. The number of ether oxygens (including phenoxy) is 1. The number of carbonyl (C=O) groups excluding carboxylic acids is 1. The molecule has 2 fully saturated rings. The summed E-state index contributed by atoms with van der Waals surface area (Å²) in [5, 5.41) is 7.62. The lowest BCUT2D eigenvalue weighted by Gasteiger charge is -2.39. The Hall–Kier alpha value is -2.78. The molecular formula is C23H26ClFN6O2. The van der Waals surface area contributed by atoms with E-state index in [4.69, 9.17) is 16.3 Å². The number of amides is 1. The van der Waals surface area contributed by atoms with Crippen LogP contribution in [0.2, 0.25) is 5.02 Å². The van der Waals surface area contributed by atoms with Gasteiger partial charge in [-0.1, -0.05) is 18.0 Å². The van der Waals surface area contributed by atoms with Crippen molar-refractivity contribution in [3.63, 3.8) is 0 Å². The smallest absolute Gasteiger partial charge is 0.230 e. The third-order valence-corrected chi connectivity index (χ3v) is 6.76. The van der Waals surface area contributed by atoms with Crippen molar-refractivity contribution in [2.45, 2.75) is 38.6 Å². The molecule has 1 saturated carbocycles. The highest BCUT2D eigenvalue weighted by atomic mass is 35.5. The number of pyridine rings is 1. The molecule has 2 atom stereocenters. The first-order chi connectivity index (χ1) is 15.9. The van der Waals surface area contributed by atoms with Crippen molar-refractivity contribution in [3.8, 4) is 11.4 Å². The van der Waals surface area contributed by atoms with Gasteiger partial charge in [-0.25, -0.2) is 19.3 Å². The highest BCUT2D eigenvalue weighted by Gasteiger charge is 2.42. The number of aromatic nitrogens is 4. The van der Waals surface area contributed by atoms with Crippen LogP contribution >= 0.6 is 11.6 Å². The van der Waals surface area contributed by atoms with E-state index >= 15 is 0 Å². The quantitative estimate of drug-likeness (QED) is 0.502. The van der Waals surface area contributed by atoms with Crippen molar-refractivity contribution >= 4 is 34.4 Å².